The molecule has 2 aromatic rings. The van der Waals surface area contributed by atoms with Gasteiger partial charge in [0.2, 0.25) is 12.7 Å². The summed E-state index contributed by atoms with van der Waals surface area (Å²) in [5, 5.41) is 12.1. The van der Waals surface area contributed by atoms with E-state index < -0.39 is 0 Å². The highest BCUT2D eigenvalue weighted by atomic mass is 79.9. The average Bonchev–Trinajstić information content (AvgIpc) is 3.10. The molecule has 0 saturated heterocycles. The zero-order valence-corrected chi connectivity index (χ0v) is 16.2. The Morgan fingerprint density at radius 1 is 1.19 bits per heavy atom. The van der Waals surface area contributed by atoms with Crippen LogP contribution in [0.5, 0.6) is 11.5 Å². The first-order chi connectivity index (χ1) is 13.0. The van der Waals surface area contributed by atoms with Crippen molar-refractivity contribution >= 4 is 27.5 Å². The first-order valence-electron chi connectivity index (χ1n) is 8.52. The zero-order chi connectivity index (χ0) is 19.2. The van der Waals surface area contributed by atoms with Gasteiger partial charge >= 0.3 is 0 Å². The number of aliphatic hydroxyl groups is 1. The van der Waals surface area contributed by atoms with Crippen LogP contribution < -0.4 is 14.8 Å². The van der Waals surface area contributed by atoms with Gasteiger partial charge in [0.25, 0.3) is 0 Å². The summed E-state index contributed by atoms with van der Waals surface area (Å²) >= 11 is 3.33. The zero-order valence-electron chi connectivity index (χ0n) is 14.6. The molecule has 1 aliphatic rings. The summed E-state index contributed by atoms with van der Waals surface area (Å²) in [6.45, 7) is 1.16. The van der Waals surface area contributed by atoms with Gasteiger partial charge in [0, 0.05) is 47.8 Å². The fraction of sp³-hybridized carbons (Fsp3) is 0.316. The number of benzene rings is 2. The molecule has 0 atom stereocenters. The molecular weight excluding hydrogens is 419 g/mol. The van der Waals surface area contributed by atoms with E-state index in [0.717, 1.165) is 4.47 Å². The molecule has 144 valence electrons. The fourth-order valence-electron chi connectivity index (χ4n) is 2.77. The standard InChI is InChI=1S/C19H20BrFN2O4/c20-14-1-3-16(21)13(9-14)11-23(7-8-24)6-5-19(25)22-15-2-4-17-18(10-15)27-12-26-17/h1-4,9-10,24H,5-8,11-12H2,(H,22,25). The largest absolute Gasteiger partial charge is 0.454 e. The third-order valence-corrected chi connectivity index (χ3v) is 4.62. The predicted octanol–water partition coefficient (Wildman–Crippen LogP) is 3.14. The quantitative estimate of drug-likeness (QED) is 0.662. The van der Waals surface area contributed by atoms with Gasteiger partial charge in [-0.1, -0.05) is 15.9 Å². The van der Waals surface area contributed by atoms with E-state index in [0.29, 0.717) is 42.4 Å². The third-order valence-electron chi connectivity index (χ3n) is 4.13. The molecule has 3 rings (SSSR count). The van der Waals surface area contributed by atoms with E-state index in [-0.39, 0.29) is 31.5 Å². The minimum absolute atomic E-state index is 0.0700. The number of hydrogen-bond donors (Lipinski definition) is 2. The molecule has 27 heavy (non-hydrogen) atoms. The van der Waals surface area contributed by atoms with Crippen molar-refractivity contribution in [3.05, 3.63) is 52.3 Å². The van der Waals surface area contributed by atoms with E-state index in [2.05, 4.69) is 21.2 Å². The number of ether oxygens (including phenoxy) is 2. The molecule has 0 aromatic heterocycles. The van der Waals surface area contributed by atoms with Gasteiger partial charge in [-0.05, 0) is 30.3 Å². The lowest BCUT2D eigenvalue weighted by Crippen LogP contribution is -2.30. The van der Waals surface area contributed by atoms with Crippen molar-refractivity contribution < 1.29 is 23.8 Å². The number of fused-ring (bicyclic) bond motifs is 1. The van der Waals surface area contributed by atoms with Gasteiger partial charge in [-0.15, -0.1) is 0 Å². The molecule has 0 fully saturated rings. The predicted molar refractivity (Wildman–Crippen MR) is 102 cm³/mol. The van der Waals surface area contributed by atoms with Crippen molar-refractivity contribution in [3.63, 3.8) is 0 Å². The van der Waals surface area contributed by atoms with Crippen LogP contribution in [0.1, 0.15) is 12.0 Å². The number of anilines is 1. The second-order valence-electron chi connectivity index (χ2n) is 6.10. The fourth-order valence-corrected chi connectivity index (χ4v) is 3.18. The van der Waals surface area contributed by atoms with E-state index >= 15 is 0 Å². The maximum Gasteiger partial charge on any atom is 0.231 e. The van der Waals surface area contributed by atoms with Gasteiger partial charge in [0.05, 0.1) is 6.61 Å². The smallest absolute Gasteiger partial charge is 0.231 e. The van der Waals surface area contributed by atoms with E-state index in [1.807, 2.05) is 4.90 Å². The van der Waals surface area contributed by atoms with Crippen molar-refractivity contribution in [3.8, 4) is 11.5 Å². The maximum absolute atomic E-state index is 14.0. The van der Waals surface area contributed by atoms with Crippen molar-refractivity contribution in [1.29, 1.82) is 0 Å². The highest BCUT2D eigenvalue weighted by Gasteiger charge is 2.15. The van der Waals surface area contributed by atoms with Gasteiger partial charge in [-0.3, -0.25) is 9.69 Å². The second kappa shape index (κ2) is 9.16. The Hall–Kier alpha value is -2.16. The number of halogens is 2. The SMILES string of the molecule is O=C(CCN(CCO)Cc1cc(Br)ccc1F)Nc1ccc2c(c1)OCO2. The molecule has 1 aliphatic heterocycles. The summed E-state index contributed by atoms with van der Waals surface area (Å²) in [5.74, 6) is 0.760. The number of amides is 1. The number of nitrogens with one attached hydrogen (secondary N) is 1. The Bertz CT molecular complexity index is 818. The Morgan fingerprint density at radius 2 is 2.00 bits per heavy atom. The normalized spacial score (nSPS) is 12.4. The maximum atomic E-state index is 14.0. The average molecular weight is 439 g/mol. The molecule has 1 heterocycles. The van der Waals surface area contributed by atoms with Crippen LogP contribution in [0.3, 0.4) is 0 Å². The summed E-state index contributed by atoms with van der Waals surface area (Å²) in [6, 6.07) is 9.92. The Morgan fingerprint density at radius 3 is 2.81 bits per heavy atom. The Kier molecular flexibility index (Phi) is 6.65. The van der Waals surface area contributed by atoms with Crippen molar-refractivity contribution in [1.82, 2.24) is 4.90 Å². The number of carbonyl (C=O) groups is 1. The van der Waals surface area contributed by atoms with Crippen LogP contribution >= 0.6 is 15.9 Å². The van der Waals surface area contributed by atoms with Crippen LogP contribution in [0, 0.1) is 5.82 Å². The topological polar surface area (TPSA) is 71.0 Å². The van der Waals surface area contributed by atoms with Gasteiger partial charge < -0.3 is 19.9 Å². The van der Waals surface area contributed by atoms with Crippen molar-refractivity contribution in [2.45, 2.75) is 13.0 Å². The van der Waals surface area contributed by atoms with E-state index in [9.17, 15) is 14.3 Å². The van der Waals surface area contributed by atoms with Crippen LogP contribution in [-0.4, -0.2) is 42.4 Å². The molecule has 1 amide bonds. The molecule has 0 radical (unpaired) electrons. The molecule has 2 N–H and O–H groups in total. The van der Waals surface area contributed by atoms with Crippen LogP contribution in [0.4, 0.5) is 10.1 Å². The highest BCUT2D eigenvalue weighted by Crippen LogP contribution is 2.34. The summed E-state index contributed by atoms with van der Waals surface area (Å²) < 4.78 is 25.3. The number of rotatable bonds is 8. The molecule has 0 aliphatic carbocycles. The molecule has 0 spiro atoms. The van der Waals surface area contributed by atoms with E-state index in [1.165, 1.54) is 6.07 Å². The Labute approximate surface area is 165 Å². The minimum atomic E-state index is -0.314. The highest BCUT2D eigenvalue weighted by molar-refractivity contribution is 9.10. The van der Waals surface area contributed by atoms with E-state index in [4.69, 9.17) is 9.47 Å². The second-order valence-corrected chi connectivity index (χ2v) is 7.02. The van der Waals surface area contributed by atoms with Gasteiger partial charge in [-0.25, -0.2) is 4.39 Å². The van der Waals surface area contributed by atoms with Crippen LogP contribution in [0.2, 0.25) is 0 Å². The summed E-state index contributed by atoms with van der Waals surface area (Å²) in [6.07, 6.45) is 0.212. The first kappa shape index (κ1) is 19.6. The molecule has 0 bridgehead atoms. The monoisotopic (exact) mass is 438 g/mol. The van der Waals surface area contributed by atoms with Crippen LogP contribution in [-0.2, 0) is 11.3 Å². The summed E-state index contributed by atoms with van der Waals surface area (Å²) in [4.78, 5) is 14.1. The number of hydrogen-bond acceptors (Lipinski definition) is 5. The first-order valence-corrected chi connectivity index (χ1v) is 9.31. The lowest BCUT2D eigenvalue weighted by molar-refractivity contribution is -0.116. The number of nitrogens with zero attached hydrogens (tertiary/aromatic N) is 1. The lowest BCUT2D eigenvalue weighted by Gasteiger charge is -2.21. The van der Waals surface area contributed by atoms with Crippen LogP contribution in [0.15, 0.2) is 40.9 Å². The molecule has 8 heteroatoms. The minimum Gasteiger partial charge on any atom is -0.454 e. The van der Waals surface area contributed by atoms with Gasteiger partial charge in [-0.2, -0.15) is 0 Å². The van der Waals surface area contributed by atoms with Crippen molar-refractivity contribution in [2.24, 2.45) is 0 Å². The third kappa shape index (κ3) is 5.41. The molecule has 6 nitrogen and oxygen atoms in total. The number of carbonyl (C=O) groups excluding carboxylic acids is 1. The molecule has 0 unspecified atom stereocenters. The summed E-state index contributed by atoms with van der Waals surface area (Å²) in [5.41, 5.74) is 1.13. The number of aliphatic hydroxyl groups excluding tert-OH is 1. The Balaban J connectivity index is 1.55. The van der Waals surface area contributed by atoms with E-state index in [1.54, 1.807) is 30.3 Å². The molecule has 2 aromatic carbocycles. The van der Waals surface area contributed by atoms with Crippen molar-refractivity contribution in [2.75, 3.05) is 31.8 Å². The lowest BCUT2D eigenvalue weighted by atomic mass is 10.2. The molecule has 0 saturated carbocycles. The van der Waals surface area contributed by atoms with Gasteiger partial charge in [0.15, 0.2) is 11.5 Å². The van der Waals surface area contributed by atoms with Crippen LogP contribution in [0.25, 0.3) is 0 Å². The molecular formula is C19H20BrFN2O4. The summed E-state index contributed by atoms with van der Waals surface area (Å²) in [7, 11) is 0. The van der Waals surface area contributed by atoms with Gasteiger partial charge in [0.1, 0.15) is 5.82 Å².